The van der Waals surface area contributed by atoms with Crippen molar-refractivity contribution in [2.24, 2.45) is 0 Å². The summed E-state index contributed by atoms with van der Waals surface area (Å²) in [5, 5.41) is 20.6. The number of hydrogen-bond acceptors (Lipinski definition) is 3. The van der Waals surface area contributed by atoms with Crippen LogP contribution in [0.15, 0.2) is 40.8 Å². The molecule has 0 saturated carbocycles. The summed E-state index contributed by atoms with van der Waals surface area (Å²) in [6.07, 6.45) is 0. The molecule has 0 amide bonds. The first-order chi connectivity index (χ1) is 8.18. The number of para-hydroxylation sites is 1. The lowest BCUT2D eigenvalue weighted by Gasteiger charge is -2.02. The van der Waals surface area contributed by atoms with E-state index in [2.05, 4.69) is 0 Å². The van der Waals surface area contributed by atoms with Crippen LogP contribution in [-0.2, 0) is 0 Å². The van der Waals surface area contributed by atoms with Crippen molar-refractivity contribution in [2.75, 3.05) is 0 Å². The summed E-state index contributed by atoms with van der Waals surface area (Å²) in [6, 6.07) is 11.3. The van der Waals surface area contributed by atoms with Gasteiger partial charge in [-0.1, -0.05) is 30.3 Å². The van der Waals surface area contributed by atoms with Crippen LogP contribution in [0, 0.1) is 6.92 Å². The molecule has 2 N–H and O–H groups in total. The van der Waals surface area contributed by atoms with Gasteiger partial charge in [-0.2, -0.15) is 0 Å². The molecule has 3 aromatic rings. The van der Waals surface area contributed by atoms with E-state index in [0.717, 1.165) is 21.9 Å². The van der Waals surface area contributed by atoms with Crippen molar-refractivity contribution in [1.82, 2.24) is 0 Å². The Balaban J connectivity index is 2.54. The molecule has 0 atom stereocenters. The topological polar surface area (TPSA) is 53.6 Å². The highest BCUT2D eigenvalue weighted by atomic mass is 16.4. The third kappa shape index (κ3) is 1.45. The Hall–Kier alpha value is -1.78. The van der Waals surface area contributed by atoms with E-state index in [1.54, 1.807) is 6.07 Å². The average molecular weight is 226 g/mol. The van der Waals surface area contributed by atoms with Gasteiger partial charge >= 0.3 is 7.12 Å². The molecular formula is C13H11BO3. The van der Waals surface area contributed by atoms with E-state index < -0.39 is 7.12 Å². The summed E-state index contributed by atoms with van der Waals surface area (Å²) in [7, 11) is -1.52. The third-order valence-electron chi connectivity index (χ3n) is 3.04. The first-order valence-electron chi connectivity index (χ1n) is 5.45. The van der Waals surface area contributed by atoms with Crippen LogP contribution in [0.3, 0.4) is 0 Å². The third-order valence-corrected chi connectivity index (χ3v) is 3.04. The molecule has 3 nitrogen and oxygen atoms in total. The average Bonchev–Trinajstić information content (AvgIpc) is 2.68. The molecule has 17 heavy (non-hydrogen) atoms. The van der Waals surface area contributed by atoms with E-state index >= 15 is 0 Å². The van der Waals surface area contributed by atoms with Crippen molar-refractivity contribution in [1.29, 1.82) is 0 Å². The molecule has 0 unspecified atom stereocenters. The molecule has 0 aliphatic rings. The Bertz CT molecular complexity index is 700. The number of rotatable bonds is 1. The van der Waals surface area contributed by atoms with Crippen LogP contribution in [0.1, 0.15) is 5.56 Å². The van der Waals surface area contributed by atoms with Gasteiger partial charge in [-0.3, -0.25) is 0 Å². The minimum atomic E-state index is -1.52. The highest BCUT2D eigenvalue weighted by Crippen LogP contribution is 2.29. The molecule has 0 spiro atoms. The van der Waals surface area contributed by atoms with E-state index in [9.17, 15) is 10.0 Å². The Kier molecular flexibility index (Phi) is 2.21. The fourth-order valence-corrected chi connectivity index (χ4v) is 2.22. The first kappa shape index (κ1) is 10.4. The van der Waals surface area contributed by atoms with Gasteiger partial charge in [0.2, 0.25) is 0 Å². The van der Waals surface area contributed by atoms with Crippen LogP contribution in [0.2, 0.25) is 0 Å². The molecule has 1 aromatic heterocycles. The SMILES string of the molecule is Cc1ccc(B(O)O)c2oc3ccccc3c12. The van der Waals surface area contributed by atoms with Crippen LogP contribution in [0.25, 0.3) is 21.9 Å². The molecule has 0 fully saturated rings. The molecule has 84 valence electrons. The van der Waals surface area contributed by atoms with Crippen LogP contribution >= 0.6 is 0 Å². The zero-order valence-electron chi connectivity index (χ0n) is 9.34. The second-order valence-corrected chi connectivity index (χ2v) is 4.15. The van der Waals surface area contributed by atoms with E-state index in [-0.39, 0.29) is 0 Å². The second kappa shape index (κ2) is 3.62. The highest BCUT2D eigenvalue weighted by molar-refractivity contribution is 6.61. The second-order valence-electron chi connectivity index (χ2n) is 4.15. The largest absolute Gasteiger partial charge is 0.492 e. The van der Waals surface area contributed by atoms with Crippen LogP contribution in [-0.4, -0.2) is 17.2 Å². The van der Waals surface area contributed by atoms with Crippen molar-refractivity contribution >= 4 is 34.5 Å². The van der Waals surface area contributed by atoms with Gasteiger partial charge in [0, 0.05) is 16.2 Å². The van der Waals surface area contributed by atoms with Gasteiger partial charge in [0.05, 0.1) is 0 Å². The lowest BCUT2D eigenvalue weighted by atomic mass is 9.78. The molecule has 3 rings (SSSR count). The van der Waals surface area contributed by atoms with Crippen LogP contribution < -0.4 is 5.46 Å². The lowest BCUT2D eigenvalue weighted by molar-refractivity contribution is 0.425. The Morgan fingerprint density at radius 1 is 1.06 bits per heavy atom. The number of aryl methyl sites for hydroxylation is 1. The first-order valence-corrected chi connectivity index (χ1v) is 5.45. The van der Waals surface area contributed by atoms with Gasteiger partial charge in [0.25, 0.3) is 0 Å². The zero-order chi connectivity index (χ0) is 12.0. The number of hydrogen-bond donors (Lipinski definition) is 2. The standard InChI is InChI=1S/C13H11BO3/c1-8-6-7-10(14(15)16)13-12(8)9-4-2-3-5-11(9)17-13/h2-7,15-16H,1H3. The van der Waals surface area contributed by atoms with Crippen molar-refractivity contribution in [3.8, 4) is 0 Å². The Morgan fingerprint density at radius 3 is 2.59 bits per heavy atom. The Morgan fingerprint density at radius 2 is 1.82 bits per heavy atom. The molecule has 1 heterocycles. The molecule has 0 radical (unpaired) electrons. The van der Waals surface area contributed by atoms with Crippen molar-refractivity contribution in [3.63, 3.8) is 0 Å². The summed E-state index contributed by atoms with van der Waals surface area (Å²) in [5.74, 6) is 0. The Labute approximate surface area is 98.4 Å². The molecule has 0 saturated heterocycles. The smallest absolute Gasteiger partial charge is 0.456 e. The maximum Gasteiger partial charge on any atom is 0.492 e. The maximum absolute atomic E-state index is 9.33. The van der Waals surface area contributed by atoms with Gasteiger partial charge in [-0.05, 0) is 18.6 Å². The monoisotopic (exact) mass is 226 g/mol. The van der Waals surface area contributed by atoms with E-state index in [1.165, 1.54) is 0 Å². The quantitative estimate of drug-likeness (QED) is 0.619. The van der Waals surface area contributed by atoms with Gasteiger partial charge in [-0.25, -0.2) is 0 Å². The fourth-order valence-electron chi connectivity index (χ4n) is 2.22. The summed E-state index contributed by atoms with van der Waals surface area (Å²) < 4.78 is 5.71. The minimum absolute atomic E-state index is 0.404. The van der Waals surface area contributed by atoms with E-state index in [0.29, 0.717) is 11.0 Å². The van der Waals surface area contributed by atoms with Crippen molar-refractivity contribution in [3.05, 3.63) is 42.0 Å². The zero-order valence-corrected chi connectivity index (χ0v) is 9.34. The van der Waals surface area contributed by atoms with Gasteiger partial charge in [-0.15, -0.1) is 0 Å². The predicted octanol–water partition coefficient (Wildman–Crippen LogP) is 1.57. The minimum Gasteiger partial charge on any atom is -0.456 e. The van der Waals surface area contributed by atoms with E-state index in [4.69, 9.17) is 4.42 Å². The molecular weight excluding hydrogens is 215 g/mol. The van der Waals surface area contributed by atoms with Crippen LogP contribution in [0.4, 0.5) is 0 Å². The highest BCUT2D eigenvalue weighted by Gasteiger charge is 2.20. The maximum atomic E-state index is 9.33. The molecule has 0 aliphatic heterocycles. The van der Waals surface area contributed by atoms with E-state index in [1.807, 2.05) is 37.3 Å². The summed E-state index contributed by atoms with van der Waals surface area (Å²) in [6.45, 7) is 1.98. The number of fused-ring (bicyclic) bond motifs is 3. The molecule has 0 bridgehead atoms. The predicted molar refractivity (Wildman–Crippen MR) is 68.3 cm³/mol. The van der Waals surface area contributed by atoms with Gasteiger partial charge in [0.1, 0.15) is 11.2 Å². The fraction of sp³-hybridized carbons (Fsp3) is 0.0769. The summed E-state index contributed by atoms with van der Waals surface area (Å²) in [4.78, 5) is 0. The van der Waals surface area contributed by atoms with Gasteiger partial charge < -0.3 is 14.5 Å². The molecule has 2 aromatic carbocycles. The lowest BCUT2D eigenvalue weighted by Crippen LogP contribution is -2.30. The summed E-state index contributed by atoms with van der Waals surface area (Å²) in [5.41, 5.74) is 2.79. The number of benzene rings is 2. The number of furan rings is 1. The van der Waals surface area contributed by atoms with Crippen LogP contribution in [0.5, 0.6) is 0 Å². The van der Waals surface area contributed by atoms with Crippen molar-refractivity contribution < 1.29 is 14.5 Å². The summed E-state index contributed by atoms with van der Waals surface area (Å²) >= 11 is 0. The molecule has 0 aliphatic carbocycles. The van der Waals surface area contributed by atoms with Gasteiger partial charge in [0.15, 0.2) is 0 Å². The normalized spacial score (nSPS) is 11.2. The van der Waals surface area contributed by atoms with Crippen molar-refractivity contribution in [2.45, 2.75) is 6.92 Å². The molecule has 4 heteroatoms.